The highest BCUT2D eigenvalue weighted by Crippen LogP contribution is 2.20. The molecule has 0 aliphatic rings. The molecule has 4 nitrogen and oxygen atoms in total. The Bertz CT molecular complexity index is 911. The van der Waals surface area contributed by atoms with Gasteiger partial charge in [-0.1, -0.05) is 30.3 Å². The normalized spacial score (nSPS) is 10.9. The Morgan fingerprint density at radius 1 is 1.17 bits per heavy atom. The van der Waals surface area contributed by atoms with Crippen molar-refractivity contribution in [2.45, 2.75) is 19.9 Å². The SMILES string of the molecule is Cc1ccccc1N(C)C(=O)CCn1c(=S)oc2ccccc21. The van der Waals surface area contributed by atoms with Crippen LogP contribution in [0.5, 0.6) is 0 Å². The highest BCUT2D eigenvalue weighted by atomic mass is 32.1. The van der Waals surface area contributed by atoms with Crippen LogP contribution in [0.25, 0.3) is 11.1 Å². The lowest BCUT2D eigenvalue weighted by Crippen LogP contribution is -2.27. The molecular weight excluding hydrogens is 308 g/mol. The highest BCUT2D eigenvalue weighted by Gasteiger charge is 2.14. The molecule has 0 N–H and O–H groups in total. The molecule has 118 valence electrons. The van der Waals surface area contributed by atoms with Gasteiger partial charge in [0.25, 0.3) is 4.84 Å². The number of fused-ring (bicyclic) bond motifs is 1. The summed E-state index contributed by atoms with van der Waals surface area (Å²) in [6.07, 6.45) is 0.364. The van der Waals surface area contributed by atoms with Crippen LogP contribution in [0, 0.1) is 11.8 Å². The van der Waals surface area contributed by atoms with E-state index in [4.69, 9.17) is 16.6 Å². The van der Waals surface area contributed by atoms with Gasteiger partial charge < -0.3 is 9.32 Å². The Morgan fingerprint density at radius 2 is 1.87 bits per heavy atom. The van der Waals surface area contributed by atoms with E-state index in [2.05, 4.69) is 0 Å². The van der Waals surface area contributed by atoms with Gasteiger partial charge in [0.15, 0.2) is 5.58 Å². The standard InChI is InChI=1S/C18H18N2O2S/c1-13-7-3-4-8-14(13)19(2)17(21)11-12-20-15-9-5-6-10-16(15)22-18(20)23/h3-10H,11-12H2,1-2H3. The van der Waals surface area contributed by atoms with E-state index >= 15 is 0 Å². The number of hydrogen-bond acceptors (Lipinski definition) is 3. The average Bonchev–Trinajstić information content (AvgIpc) is 2.87. The van der Waals surface area contributed by atoms with Gasteiger partial charge in [-0.15, -0.1) is 0 Å². The van der Waals surface area contributed by atoms with Gasteiger partial charge in [-0.2, -0.15) is 0 Å². The number of aromatic nitrogens is 1. The minimum absolute atomic E-state index is 0.0477. The molecule has 0 unspecified atom stereocenters. The fourth-order valence-corrected chi connectivity index (χ4v) is 2.95. The predicted molar refractivity (Wildman–Crippen MR) is 94.2 cm³/mol. The molecule has 0 bridgehead atoms. The number of para-hydroxylation sites is 3. The number of oxazole rings is 1. The third kappa shape index (κ3) is 3.05. The van der Waals surface area contributed by atoms with Crippen LogP contribution < -0.4 is 4.90 Å². The van der Waals surface area contributed by atoms with E-state index < -0.39 is 0 Å². The van der Waals surface area contributed by atoms with Crippen LogP contribution in [0.4, 0.5) is 5.69 Å². The molecule has 0 aliphatic heterocycles. The summed E-state index contributed by atoms with van der Waals surface area (Å²) in [4.78, 5) is 14.6. The number of carbonyl (C=O) groups excluding carboxylic acids is 1. The molecule has 0 radical (unpaired) electrons. The molecule has 2 aromatic carbocycles. The summed E-state index contributed by atoms with van der Waals surface area (Å²) in [5, 5.41) is 0. The number of carbonyl (C=O) groups is 1. The van der Waals surface area contributed by atoms with E-state index in [1.54, 1.807) is 11.9 Å². The summed E-state index contributed by atoms with van der Waals surface area (Å²) in [5.41, 5.74) is 3.67. The van der Waals surface area contributed by atoms with Gasteiger partial charge >= 0.3 is 0 Å². The van der Waals surface area contributed by atoms with Crippen molar-refractivity contribution in [3.8, 4) is 0 Å². The molecule has 0 aliphatic carbocycles. The largest absolute Gasteiger partial charge is 0.429 e. The molecule has 0 spiro atoms. The molecular formula is C18H18N2O2S. The van der Waals surface area contributed by atoms with Gasteiger partial charge in [-0.3, -0.25) is 9.36 Å². The van der Waals surface area contributed by atoms with Gasteiger partial charge in [-0.05, 0) is 42.9 Å². The van der Waals surface area contributed by atoms with Gasteiger partial charge in [0.2, 0.25) is 5.91 Å². The summed E-state index contributed by atoms with van der Waals surface area (Å²) < 4.78 is 7.42. The molecule has 0 saturated heterocycles. The Kier molecular flexibility index (Phi) is 4.30. The number of benzene rings is 2. The first kappa shape index (κ1) is 15.5. The zero-order chi connectivity index (χ0) is 16.4. The molecule has 3 rings (SSSR count). The predicted octanol–water partition coefficient (Wildman–Crippen LogP) is 4.33. The van der Waals surface area contributed by atoms with Crippen LogP contribution in [0.15, 0.2) is 52.9 Å². The van der Waals surface area contributed by atoms with Crippen LogP contribution in [0.1, 0.15) is 12.0 Å². The zero-order valence-corrected chi connectivity index (χ0v) is 14.0. The smallest absolute Gasteiger partial charge is 0.269 e. The van der Waals surface area contributed by atoms with E-state index in [0.29, 0.717) is 17.8 Å². The molecule has 5 heteroatoms. The summed E-state index contributed by atoms with van der Waals surface area (Å²) in [6, 6.07) is 15.5. The Hall–Kier alpha value is -2.40. The Labute approximate surface area is 139 Å². The molecule has 0 saturated carbocycles. The van der Waals surface area contributed by atoms with E-state index in [9.17, 15) is 4.79 Å². The number of rotatable bonds is 4. The van der Waals surface area contributed by atoms with Gasteiger partial charge in [0.05, 0.1) is 5.52 Å². The summed E-state index contributed by atoms with van der Waals surface area (Å²) >= 11 is 5.26. The fourth-order valence-electron chi connectivity index (χ4n) is 2.67. The quantitative estimate of drug-likeness (QED) is 0.670. The van der Waals surface area contributed by atoms with Crippen molar-refractivity contribution >= 4 is 34.9 Å². The lowest BCUT2D eigenvalue weighted by atomic mass is 10.2. The monoisotopic (exact) mass is 326 g/mol. The van der Waals surface area contributed by atoms with Crippen molar-refractivity contribution in [2.24, 2.45) is 0 Å². The maximum Gasteiger partial charge on any atom is 0.269 e. The maximum absolute atomic E-state index is 12.5. The van der Waals surface area contributed by atoms with Crippen molar-refractivity contribution < 1.29 is 9.21 Å². The minimum atomic E-state index is 0.0477. The number of hydrogen-bond donors (Lipinski definition) is 0. The van der Waals surface area contributed by atoms with Gasteiger partial charge in [0.1, 0.15) is 0 Å². The van der Waals surface area contributed by atoms with E-state index in [-0.39, 0.29) is 5.91 Å². The first-order chi connectivity index (χ1) is 11.1. The maximum atomic E-state index is 12.5. The molecule has 23 heavy (non-hydrogen) atoms. The average molecular weight is 326 g/mol. The van der Waals surface area contributed by atoms with E-state index in [0.717, 1.165) is 22.4 Å². The first-order valence-electron chi connectivity index (χ1n) is 7.48. The lowest BCUT2D eigenvalue weighted by molar-refractivity contribution is -0.118. The minimum Gasteiger partial charge on any atom is -0.429 e. The Balaban J connectivity index is 1.77. The third-order valence-corrected chi connectivity index (χ3v) is 4.28. The summed E-state index contributed by atoms with van der Waals surface area (Å²) in [5.74, 6) is 0.0477. The topological polar surface area (TPSA) is 38.4 Å². The van der Waals surface area contributed by atoms with E-state index in [1.165, 1.54) is 0 Å². The first-order valence-corrected chi connectivity index (χ1v) is 7.89. The second-order valence-corrected chi connectivity index (χ2v) is 5.83. The molecule has 3 aromatic rings. The van der Waals surface area contributed by atoms with E-state index in [1.807, 2.05) is 60.0 Å². The van der Waals surface area contributed by atoms with Crippen LogP contribution in [0.2, 0.25) is 0 Å². The van der Waals surface area contributed by atoms with Crippen molar-refractivity contribution in [3.05, 3.63) is 58.9 Å². The second-order valence-electron chi connectivity index (χ2n) is 5.48. The highest BCUT2D eigenvalue weighted by molar-refractivity contribution is 7.71. The molecule has 1 heterocycles. The van der Waals surface area contributed by atoms with Crippen molar-refractivity contribution in [1.29, 1.82) is 0 Å². The number of aryl methyl sites for hydroxylation is 2. The molecule has 1 aromatic heterocycles. The fraction of sp³-hybridized carbons (Fsp3) is 0.222. The van der Waals surface area contributed by atoms with Gasteiger partial charge in [-0.25, -0.2) is 0 Å². The second kappa shape index (κ2) is 6.38. The van der Waals surface area contributed by atoms with Crippen LogP contribution >= 0.6 is 12.2 Å². The Morgan fingerprint density at radius 3 is 2.65 bits per heavy atom. The van der Waals surface area contributed by atoms with Crippen LogP contribution in [-0.4, -0.2) is 17.5 Å². The zero-order valence-electron chi connectivity index (χ0n) is 13.2. The summed E-state index contributed by atoms with van der Waals surface area (Å²) in [7, 11) is 1.80. The summed E-state index contributed by atoms with van der Waals surface area (Å²) in [6.45, 7) is 2.50. The molecule has 0 fully saturated rings. The lowest BCUT2D eigenvalue weighted by Gasteiger charge is -2.19. The van der Waals surface area contributed by atoms with Crippen LogP contribution in [0.3, 0.4) is 0 Å². The van der Waals surface area contributed by atoms with Gasteiger partial charge in [0, 0.05) is 25.7 Å². The molecule has 0 atom stereocenters. The van der Waals surface area contributed by atoms with Crippen molar-refractivity contribution in [1.82, 2.24) is 4.57 Å². The van der Waals surface area contributed by atoms with Crippen LogP contribution in [-0.2, 0) is 11.3 Å². The van der Waals surface area contributed by atoms with Crippen molar-refractivity contribution in [3.63, 3.8) is 0 Å². The number of anilines is 1. The van der Waals surface area contributed by atoms with Crippen molar-refractivity contribution in [2.75, 3.05) is 11.9 Å². The molecule has 1 amide bonds. The number of nitrogens with zero attached hydrogens (tertiary/aromatic N) is 2. The third-order valence-electron chi connectivity index (χ3n) is 3.97. The number of amides is 1.